The Hall–Kier alpha value is -2.89. The fourth-order valence-corrected chi connectivity index (χ4v) is 3.91. The van der Waals surface area contributed by atoms with E-state index in [2.05, 4.69) is 10.3 Å². The molecule has 6 heteroatoms. The summed E-state index contributed by atoms with van der Waals surface area (Å²) in [5, 5.41) is 2.85. The Morgan fingerprint density at radius 3 is 2.92 bits per heavy atom. The van der Waals surface area contributed by atoms with E-state index in [1.807, 2.05) is 24.3 Å². The number of hydrogen-bond donors (Lipinski definition) is 2. The first-order chi connectivity index (χ1) is 12.5. The maximum Gasteiger partial charge on any atom is 0.261 e. The molecule has 1 aliphatic carbocycles. The molecule has 134 valence electrons. The number of carbonyl (C=O) groups excluding carboxylic acids is 2. The van der Waals surface area contributed by atoms with Gasteiger partial charge in [-0.1, -0.05) is 18.2 Å². The molecule has 1 aromatic heterocycles. The fourth-order valence-electron chi connectivity index (χ4n) is 3.91. The second-order valence-electron chi connectivity index (χ2n) is 6.99. The van der Waals surface area contributed by atoms with Gasteiger partial charge in [-0.2, -0.15) is 0 Å². The minimum Gasteiger partial charge on any atom is -0.351 e. The third-order valence-electron chi connectivity index (χ3n) is 5.37. The summed E-state index contributed by atoms with van der Waals surface area (Å²) in [6, 6.07) is 9.43. The molecule has 2 aliphatic rings. The van der Waals surface area contributed by atoms with Crippen LogP contribution >= 0.6 is 0 Å². The fraction of sp³-hybridized carbons (Fsp3) is 0.350. The summed E-state index contributed by atoms with van der Waals surface area (Å²) in [5.74, 6) is -0.449. The molecule has 2 heterocycles. The lowest BCUT2D eigenvalue weighted by Gasteiger charge is -2.31. The minimum atomic E-state index is -0.384. The van der Waals surface area contributed by atoms with Crippen molar-refractivity contribution >= 4 is 17.5 Å². The van der Waals surface area contributed by atoms with Crippen molar-refractivity contribution in [1.29, 1.82) is 0 Å². The summed E-state index contributed by atoms with van der Waals surface area (Å²) < 4.78 is 0. The summed E-state index contributed by atoms with van der Waals surface area (Å²) in [5.41, 5.74) is 3.72. The Balaban J connectivity index is 1.53. The number of amides is 2. The third-order valence-corrected chi connectivity index (χ3v) is 5.37. The molecule has 6 nitrogen and oxygen atoms in total. The average molecular weight is 351 g/mol. The molecule has 2 aromatic rings. The Kier molecular flexibility index (Phi) is 4.11. The quantitative estimate of drug-likeness (QED) is 0.884. The summed E-state index contributed by atoms with van der Waals surface area (Å²) in [6.07, 6.45) is 3.10. The molecule has 1 atom stereocenters. The van der Waals surface area contributed by atoms with Crippen LogP contribution in [0.1, 0.15) is 45.9 Å². The lowest BCUT2D eigenvalue weighted by Crippen LogP contribution is -2.38. The Bertz CT molecular complexity index is 948. The van der Waals surface area contributed by atoms with E-state index in [9.17, 15) is 14.4 Å². The van der Waals surface area contributed by atoms with Crippen LogP contribution in [0.5, 0.6) is 0 Å². The Labute approximate surface area is 151 Å². The first-order valence-electron chi connectivity index (χ1n) is 8.93. The minimum absolute atomic E-state index is 0.0262. The van der Waals surface area contributed by atoms with Crippen molar-refractivity contribution in [3.05, 3.63) is 63.1 Å². The zero-order valence-corrected chi connectivity index (χ0v) is 14.7. The zero-order valence-electron chi connectivity index (χ0n) is 14.7. The van der Waals surface area contributed by atoms with Crippen molar-refractivity contribution in [2.75, 3.05) is 18.5 Å². The number of pyridine rings is 1. The van der Waals surface area contributed by atoms with Crippen LogP contribution in [0.2, 0.25) is 0 Å². The van der Waals surface area contributed by atoms with Crippen LogP contribution in [0.15, 0.2) is 35.1 Å². The first kappa shape index (κ1) is 16.6. The van der Waals surface area contributed by atoms with E-state index in [-0.39, 0.29) is 28.9 Å². The highest BCUT2D eigenvalue weighted by atomic mass is 16.2. The van der Waals surface area contributed by atoms with Gasteiger partial charge >= 0.3 is 0 Å². The number of rotatable bonds is 3. The zero-order chi connectivity index (χ0) is 18.3. The first-order valence-corrected chi connectivity index (χ1v) is 8.93. The molecule has 2 amide bonds. The largest absolute Gasteiger partial charge is 0.351 e. The molecule has 2 N–H and O–H groups in total. The molecular weight excluding hydrogens is 330 g/mol. The second-order valence-corrected chi connectivity index (χ2v) is 6.99. The van der Waals surface area contributed by atoms with E-state index < -0.39 is 0 Å². The van der Waals surface area contributed by atoms with Crippen molar-refractivity contribution in [3.63, 3.8) is 0 Å². The van der Waals surface area contributed by atoms with Crippen LogP contribution in [-0.4, -0.2) is 30.4 Å². The van der Waals surface area contributed by atoms with Gasteiger partial charge in [-0.05, 0) is 42.5 Å². The molecule has 4 rings (SSSR count). The number of nitrogens with zero attached hydrogens (tertiary/aromatic N) is 1. The van der Waals surface area contributed by atoms with E-state index in [1.54, 1.807) is 18.0 Å². The Morgan fingerprint density at radius 2 is 2.08 bits per heavy atom. The van der Waals surface area contributed by atoms with E-state index >= 15 is 0 Å². The van der Waals surface area contributed by atoms with Gasteiger partial charge in [-0.15, -0.1) is 0 Å². The number of fused-ring (bicyclic) bond motifs is 2. The molecule has 26 heavy (non-hydrogen) atoms. The van der Waals surface area contributed by atoms with Gasteiger partial charge in [0.25, 0.3) is 11.5 Å². The normalized spacial score (nSPS) is 18.4. The second kappa shape index (κ2) is 6.44. The lowest BCUT2D eigenvalue weighted by molar-refractivity contribution is -0.119. The van der Waals surface area contributed by atoms with Gasteiger partial charge in [-0.25, -0.2) is 0 Å². The highest BCUT2D eigenvalue weighted by molar-refractivity contribution is 5.97. The number of aromatic nitrogens is 1. The lowest BCUT2D eigenvalue weighted by atomic mass is 9.89. The topological polar surface area (TPSA) is 82.3 Å². The molecule has 0 saturated heterocycles. The molecular formula is C20H21N3O3. The van der Waals surface area contributed by atoms with Crippen molar-refractivity contribution < 1.29 is 9.59 Å². The van der Waals surface area contributed by atoms with Crippen molar-refractivity contribution in [3.8, 4) is 0 Å². The standard InChI is InChI=1S/C20H21N3O3/c1-23-17-8-3-2-6-14(17)13(10-18(23)24)11-21-19(25)15-9-12-5-4-7-16(12)22-20(15)26/h2-3,6,8-9,13H,4-5,7,10-11H2,1H3,(H,21,25)(H,22,26). The van der Waals surface area contributed by atoms with Crippen molar-refractivity contribution in [1.82, 2.24) is 10.3 Å². The predicted octanol–water partition coefficient (Wildman–Crippen LogP) is 1.74. The van der Waals surface area contributed by atoms with Crippen LogP contribution < -0.4 is 15.8 Å². The third kappa shape index (κ3) is 2.81. The van der Waals surface area contributed by atoms with E-state index in [0.29, 0.717) is 13.0 Å². The van der Waals surface area contributed by atoms with E-state index in [1.165, 1.54) is 0 Å². The molecule has 0 saturated carbocycles. The summed E-state index contributed by atoms with van der Waals surface area (Å²) >= 11 is 0. The number of carbonyl (C=O) groups is 2. The Morgan fingerprint density at radius 1 is 1.27 bits per heavy atom. The number of benzene rings is 1. The molecule has 0 radical (unpaired) electrons. The monoisotopic (exact) mass is 351 g/mol. The van der Waals surface area contributed by atoms with E-state index in [0.717, 1.165) is 41.8 Å². The average Bonchev–Trinajstić information content (AvgIpc) is 3.09. The number of H-pyrrole nitrogens is 1. The smallest absolute Gasteiger partial charge is 0.261 e. The number of para-hydroxylation sites is 1. The molecule has 0 fully saturated rings. The van der Waals surface area contributed by atoms with Crippen LogP contribution in [0.3, 0.4) is 0 Å². The van der Waals surface area contributed by atoms with Gasteiger partial charge in [0.15, 0.2) is 0 Å². The van der Waals surface area contributed by atoms with Gasteiger partial charge in [-0.3, -0.25) is 14.4 Å². The summed E-state index contributed by atoms with van der Waals surface area (Å²) in [7, 11) is 1.76. The maximum absolute atomic E-state index is 12.5. The maximum atomic E-state index is 12.5. The van der Waals surface area contributed by atoms with Crippen molar-refractivity contribution in [2.24, 2.45) is 0 Å². The highest BCUT2D eigenvalue weighted by Gasteiger charge is 2.29. The van der Waals surface area contributed by atoms with Gasteiger partial charge in [0, 0.05) is 37.3 Å². The number of aryl methyl sites for hydroxylation is 2. The van der Waals surface area contributed by atoms with Crippen molar-refractivity contribution in [2.45, 2.75) is 31.6 Å². The van der Waals surface area contributed by atoms with Crippen LogP contribution in [-0.2, 0) is 17.6 Å². The summed E-state index contributed by atoms with van der Waals surface area (Å²) in [6.45, 7) is 0.325. The van der Waals surface area contributed by atoms with Gasteiger partial charge in [0.1, 0.15) is 5.56 Å². The number of aromatic amines is 1. The number of anilines is 1. The summed E-state index contributed by atoms with van der Waals surface area (Å²) in [4.78, 5) is 41.4. The van der Waals surface area contributed by atoms with Gasteiger partial charge < -0.3 is 15.2 Å². The van der Waals surface area contributed by atoms with Crippen LogP contribution in [0, 0.1) is 0 Å². The molecule has 0 spiro atoms. The molecule has 1 unspecified atom stereocenters. The molecule has 1 aliphatic heterocycles. The number of hydrogen-bond acceptors (Lipinski definition) is 3. The predicted molar refractivity (Wildman–Crippen MR) is 98.6 cm³/mol. The molecule has 0 bridgehead atoms. The van der Waals surface area contributed by atoms with Gasteiger partial charge in [0.05, 0.1) is 0 Å². The van der Waals surface area contributed by atoms with E-state index in [4.69, 9.17) is 0 Å². The molecule has 1 aromatic carbocycles. The highest BCUT2D eigenvalue weighted by Crippen LogP contribution is 2.34. The van der Waals surface area contributed by atoms with Crippen LogP contribution in [0.25, 0.3) is 0 Å². The van der Waals surface area contributed by atoms with Crippen LogP contribution in [0.4, 0.5) is 5.69 Å². The number of nitrogens with one attached hydrogen (secondary N) is 2. The van der Waals surface area contributed by atoms with Gasteiger partial charge in [0.2, 0.25) is 5.91 Å². The SMILES string of the molecule is CN1C(=O)CC(CNC(=O)c2cc3c([nH]c2=O)CCC3)c2ccccc21.